The molecular formula is C14H16O4. The van der Waals surface area contributed by atoms with Crippen LogP contribution in [0.4, 0.5) is 0 Å². The molecule has 0 saturated carbocycles. The number of rotatable bonds is 5. The number of carbonyl (C=O) groups excluding carboxylic acids is 1. The first-order valence-electron chi connectivity index (χ1n) is 5.69. The summed E-state index contributed by atoms with van der Waals surface area (Å²) in [4.78, 5) is 21.9. The number of ether oxygens (including phenoxy) is 1. The Hall–Kier alpha value is -2.10. The van der Waals surface area contributed by atoms with Crippen molar-refractivity contribution in [3.8, 4) is 0 Å². The molecule has 0 aliphatic rings. The van der Waals surface area contributed by atoms with Gasteiger partial charge in [0.15, 0.2) is 0 Å². The van der Waals surface area contributed by atoms with Gasteiger partial charge in [-0.1, -0.05) is 23.8 Å². The fourth-order valence-corrected chi connectivity index (χ4v) is 1.56. The number of hydrogen-bond donors (Lipinski definition) is 1. The number of carboxylic acids is 1. The molecule has 4 nitrogen and oxygen atoms in total. The molecule has 0 aliphatic heterocycles. The van der Waals surface area contributed by atoms with Crippen LogP contribution in [0.3, 0.4) is 0 Å². The van der Waals surface area contributed by atoms with Crippen molar-refractivity contribution in [3.63, 3.8) is 0 Å². The van der Waals surface area contributed by atoms with E-state index in [1.54, 1.807) is 25.1 Å². The largest absolute Gasteiger partial charge is 0.481 e. The maximum atomic E-state index is 11.2. The number of aryl methyl sites for hydroxylation is 1. The Bertz CT molecular complexity index is 475. The third kappa shape index (κ3) is 4.41. The molecule has 0 fully saturated rings. The highest BCUT2D eigenvalue weighted by Gasteiger charge is 2.05. The minimum Gasteiger partial charge on any atom is -0.481 e. The van der Waals surface area contributed by atoms with Crippen LogP contribution in [0.15, 0.2) is 24.3 Å². The van der Waals surface area contributed by atoms with E-state index in [9.17, 15) is 9.59 Å². The molecule has 1 rings (SSSR count). The maximum Gasteiger partial charge on any atom is 0.330 e. The second kappa shape index (κ2) is 6.59. The Balaban J connectivity index is 2.93. The molecule has 0 bridgehead atoms. The van der Waals surface area contributed by atoms with Gasteiger partial charge in [0.1, 0.15) is 0 Å². The third-order valence-electron chi connectivity index (χ3n) is 2.33. The van der Waals surface area contributed by atoms with Crippen LogP contribution in [-0.2, 0) is 20.7 Å². The fraction of sp³-hybridized carbons (Fsp3) is 0.286. The molecule has 4 heteroatoms. The molecule has 0 heterocycles. The first kappa shape index (κ1) is 14.0. The standard InChI is InChI=1S/C14H16O4/c1-3-18-14(17)7-6-11-5-4-10(2)8-12(11)9-13(15)16/h4-8H,3,9H2,1-2H3,(H,15,16)/b7-6+. The zero-order valence-corrected chi connectivity index (χ0v) is 10.5. The molecule has 0 radical (unpaired) electrons. The summed E-state index contributed by atoms with van der Waals surface area (Å²) in [6.07, 6.45) is 2.82. The van der Waals surface area contributed by atoms with E-state index in [1.165, 1.54) is 6.08 Å². The SMILES string of the molecule is CCOC(=O)/C=C/c1ccc(C)cc1CC(=O)O. The van der Waals surface area contributed by atoms with E-state index in [4.69, 9.17) is 9.84 Å². The molecule has 0 aliphatic carbocycles. The molecule has 1 N–H and O–H groups in total. The van der Waals surface area contributed by atoms with Crippen molar-refractivity contribution in [2.75, 3.05) is 6.61 Å². The first-order valence-corrected chi connectivity index (χ1v) is 5.69. The number of carbonyl (C=O) groups is 2. The van der Waals surface area contributed by atoms with Gasteiger partial charge in [-0.15, -0.1) is 0 Å². The summed E-state index contributed by atoms with van der Waals surface area (Å²) in [7, 11) is 0. The van der Waals surface area contributed by atoms with Crippen molar-refractivity contribution in [1.29, 1.82) is 0 Å². The van der Waals surface area contributed by atoms with Crippen LogP contribution in [-0.4, -0.2) is 23.7 Å². The normalized spacial score (nSPS) is 10.6. The lowest BCUT2D eigenvalue weighted by Gasteiger charge is -2.05. The van der Waals surface area contributed by atoms with Gasteiger partial charge in [0.25, 0.3) is 0 Å². The summed E-state index contributed by atoms with van der Waals surface area (Å²) in [5.74, 6) is -1.33. The average Bonchev–Trinajstić information content (AvgIpc) is 2.27. The lowest BCUT2D eigenvalue weighted by Crippen LogP contribution is -2.03. The van der Waals surface area contributed by atoms with Gasteiger partial charge in [-0.3, -0.25) is 4.79 Å². The number of carboxylic acid groups (broad SMARTS) is 1. The highest BCUT2D eigenvalue weighted by Crippen LogP contribution is 2.14. The number of aliphatic carboxylic acids is 1. The van der Waals surface area contributed by atoms with Crippen molar-refractivity contribution < 1.29 is 19.4 Å². The lowest BCUT2D eigenvalue weighted by atomic mass is 10.0. The smallest absolute Gasteiger partial charge is 0.330 e. The van der Waals surface area contributed by atoms with Gasteiger partial charge < -0.3 is 9.84 Å². The summed E-state index contributed by atoms with van der Waals surface area (Å²) in [6, 6.07) is 5.47. The van der Waals surface area contributed by atoms with Crippen molar-refractivity contribution in [2.24, 2.45) is 0 Å². The van der Waals surface area contributed by atoms with Crippen LogP contribution in [0, 0.1) is 6.92 Å². The Kier molecular flexibility index (Phi) is 5.11. The van der Waals surface area contributed by atoms with E-state index in [1.807, 2.05) is 13.0 Å². The van der Waals surface area contributed by atoms with Crippen LogP contribution >= 0.6 is 0 Å². The number of hydrogen-bond acceptors (Lipinski definition) is 3. The van der Waals surface area contributed by atoms with Gasteiger partial charge in [-0.2, -0.15) is 0 Å². The number of esters is 1. The Morgan fingerprint density at radius 3 is 2.72 bits per heavy atom. The Labute approximate surface area is 106 Å². The van der Waals surface area contributed by atoms with Crippen LogP contribution < -0.4 is 0 Å². The van der Waals surface area contributed by atoms with Crippen LogP contribution in [0.2, 0.25) is 0 Å². The van der Waals surface area contributed by atoms with Crippen LogP contribution in [0.1, 0.15) is 23.6 Å². The number of benzene rings is 1. The predicted molar refractivity (Wildman–Crippen MR) is 68.2 cm³/mol. The highest BCUT2D eigenvalue weighted by molar-refractivity contribution is 5.87. The molecule has 1 aromatic carbocycles. The third-order valence-corrected chi connectivity index (χ3v) is 2.33. The van der Waals surface area contributed by atoms with Crippen molar-refractivity contribution in [2.45, 2.75) is 20.3 Å². The predicted octanol–water partition coefficient (Wildman–Crippen LogP) is 2.20. The monoisotopic (exact) mass is 248 g/mol. The van der Waals surface area contributed by atoms with Gasteiger partial charge >= 0.3 is 11.9 Å². The lowest BCUT2D eigenvalue weighted by molar-refractivity contribution is -0.137. The highest BCUT2D eigenvalue weighted by atomic mass is 16.5. The first-order chi connectivity index (χ1) is 8.52. The van der Waals surface area contributed by atoms with E-state index >= 15 is 0 Å². The minimum absolute atomic E-state index is 0.0653. The maximum absolute atomic E-state index is 11.2. The van der Waals surface area contributed by atoms with Crippen molar-refractivity contribution in [1.82, 2.24) is 0 Å². The van der Waals surface area contributed by atoms with Crippen molar-refractivity contribution >= 4 is 18.0 Å². The summed E-state index contributed by atoms with van der Waals surface area (Å²) in [6.45, 7) is 3.94. The van der Waals surface area contributed by atoms with E-state index in [2.05, 4.69) is 0 Å². The van der Waals surface area contributed by atoms with Gasteiger partial charge in [0, 0.05) is 6.08 Å². The molecule has 1 aromatic rings. The topological polar surface area (TPSA) is 63.6 Å². The molecule has 0 spiro atoms. The molecule has 0 amide bonds. The quantitative estimate of drug-likeness (QED) is 0.641. The summed E-state index contributed by atoms with van der Waals surface area (Å²) >= 11 is 0. The molecule has 0 atom stereocenters. The summed E-state index contributed by atoms with van der Waals surface area (Å²) in [5, 5.41) is 8.83. The van der Waals surface area contributed by atoms with E-state index < -0.39 is 11.9 Å². The van der Waals surface area contributed by atoms with Gasteiger partial charge in [-0.05, 0) is 31.1 Å². The molecular weight excluding hydrogens is 232 g/mol. The summed E-state index contributed by atoms with van der Waals surface area (Å²) < 4.78 is 4.77. The Morgan fingerprint density at radius 1 is 1.39 bits per heavy atom. The van der Waals surface area contributed by atoms with Gasteiger partial charge in [-0.25, -0.2) is 4.79 Å². The average molecular weight is 248 g/mol. The molecule has 96 valence electrons. The molecule has 18 heavy (non-hydrogen) atoms. The van der Waals surface area contributed by atoms with Crippen LogP contribution in [0.25, 0.3) is 6.08 Å². The molecule has 0 unspecified atom stereocenters. The minimum atomic E-state index is -0.897. The second-order valence-corrected chi connectivity index (χ2v) is 3.86. The molecule has 0 saturated heterocycles. The fourth-order valence-electron chi connectivity index (χ4n) is 1.56. The molecule has 0 aromatic heterocycles. The van der Waals surface area contributed by atoms with Crippen LogP contribution in [0.5, 0.6) is 0 Å². The van der Waals surface area contributed by atoms with Gasteiger partial charge in [0.05, 0.1) is 13.0 Å². The van der Waals surface area contributed by atoms with Gasteiger partial charge in [0.2, 0.25) is 0 Å². The van der Waals surface area contributed by atoms with E-state index in [-0.39, 0.29) is 6.42 Å². The van der Waals surface area contributed by atoms with Crippen molar-refractivity contribution in [3.05, 3.63) is 41.0 Å². The van der Waals surface area contributed by atoms with E-state index in [0.29, 0.717) is 12.2 Å². The summed E-state index contributed by atoms with van der Waals surface area (Å²) in [5.41, 5.74) is 2.39. The second-order valence-electron chi connectivity index (χ2n) is 3.86. The zero-order valence-electron chi connectivity index (χ0n) is 10.5. The van der Waals surface area contributed by atoms with E-state index in [0.717, 1.165) is 11.1 Å². The zero-order chi connectivity index (χ0) is 13.5. The Morgan fingerprint density at radius 2 is 2.11 bits per heavy atom.